The number of rotatable bonds is 6. The minimum Gasteiger partial charge on any atom is -0.496 e. The van der Waals surface area contributed by atoms with E-state index in [2.05, 4.69) is 35.3 Å². The van der Waals surface area contributed by atoms with Crippen LogP contribution in [0.25, 0.3) is 0 Å². The van der Waals surface area contributed by atoms with Crippen LogP contribution in [0, 0.1) is 6.92 Å². The summed E-state index contributed by atoms with van der Waals surface area (Å²) in [4.78, 5) is 14.7. The van der Waals surface area contributed by atoms with E-state index in [1.807, 2.05) is 37.3 Å². The Hall–Kier alpha value is -2.82. The van der Waals surface area contributed by atoms with E-state index in [4.69, 9.17) is 4.74 Å². The zero-order valence-corrected chi connectivity index (χ0v) is 17.2. The van der Waals surface area contributed by atoms with Crippen molar-refractivity contribution in [2.24, 2.45) is 5.10 Å². The highest BCUT2D eigenvalue weighted by Crippen LogP contribution is 2.29. The molecule has 28 heavy (non-hydrogen) atoms. The van der Waals surface area contributed by atoms with Crippen LogP contribution in [0.5, 0.6) is 5.75 Å². The van der Waals surface area contributed by atoms with Crippen LogP contribution in [0.4, 0.5) is 5.69 Å². The van der Waals surface area contributed by atoms with Gasteiger partial charge >= 0.3 is 0 Å². The fourth-order valence-electron chi connectivity index (χ4n) is 3.51. The van der Waals surface area contributed by atoms with Crippen molar-refractivity contribution in [3.8, 4) is 5.75 Å². The van der Waals surface area contributed by atoms with Crippen LogP contribution in [0.2, 0.25) is 0 Å². The minimum atomic E-state index is -0.209. The molecule has 1 fully saturated rings. The molecule has 0 aromatic heterocycles. The first-order chi connectivity index (χ1) is 13.5. The van der Waals surface area contributed by atoms with Crippen LogP contribution in [0.1, 0.15) is 59.7 Å². The van der Waals surface area contributed by atoms with Gasteiger partial charge in [0.1, 0.15) is 5.75 Å². The first kappa shape index (κ1) is 19.9. The quantitative estimate of drug-likeness (QED) is 0.594. The number of nitrogens with one attached hydrogen (secondary N) is 1. The maximum Gasteiger partial charge on any atom is 0.271 e. The Labute approximate surface area is 167 Å². The Bertz CT molecular complexity index is 851. The predicted molar refractivity (Wildman–Crippen MR) is 115 cm³/mol. The molecule has 1 aliphatic rings. The van der Waals surface area contributed by atoms with E-state index in [9.17, 15) is 4.79 Å². The number of hydrogen-bond acceptors (Lipinski definition) is 4. The molecular weight excluding hydrogens is 350 g/mol. The molecule has 1 aliphatic heterocycles. The predicted octanol–water partition coefficient (Wildman–Crippen LogP) is 4.49. The Morgan fingerprint density at radius 1 is 1.18 bits per heavy atom. The number of carbonyl (C=O) groups is 1. The van der Waals surface area contributed by atoms with Crippen molar-refractivity contribution in [2.45, 2.75) is 39.5 Å². The average molecular weight is 380 g/mol. The molecule has 0 atom stereocenters. The van der Waals surface area contributed by atoms with Crippen molar-refractivity contribution >= 4 is 17.8 Å². The standard InChI is InChI=1S/C23H29N3O2/c1-16(2)21-14-19(17(3)13-22(21)28-4)15-24-25-23(27)18-7-9-20(10-8-18)26-11-5-6-12-26/h7-10,13-16H,5-6,11-12H2,1-4H3,(H,25,27)/b24-15-. The van der Waals surface area contributed by atoms with Gasteiger partial charge in [0.15, 0.2) is 0 Å². The third kappa shape index (κ3) is 4.53. The van der Waals surface area contributed by atoms with E-state index in [1.54, 1.807) is 13.3 Å². The largest absolute Gasteiger partial charge is 0.496 e. The molecule has 0 unspecified atom stereocenters. The van der Waals surface area contributed by atoms with Gasteiger partial charge in [0.05, 0.1) is 13.3 Å². The van der Waals surface area contributed by atoms with Gasteiger partial charge in [-0.2, -0.15) is 5.10 Å². The molecule has 0 bridgehead atoms. The number of carbonyl (C=O) groups excluding carboxylic acids is 1. The van der Waals surface area contributed by atoms with Crippen LogP contribution in [0.3, 0.4) is 0 Å². The first-order valence-corrected chi connectivity index (χ1v) is 9.86. The van der Waals surface area contributed by atoms with Crippen molar-refractivity contribution in [3.05, 3.63) is 58.7 Å². The van der Waals surface area contributed by atoms with Crippen molar-refractivity contribution in [1.82, 2.24) is 5.43 Å². The normalized spacial score (nSPS) is 14.1. The molecule has 5 heteroatoms. The van der Waals surface area contributed by atoms with Crippen LogP contribution >= 0.6 is 0 Å². The van der Waals surface area contributed by atoms with Crippen LogP contribution in [-0.4, -0.2) is 32.3 Å². The summed E-state index contributed by atoms with van der Waals surface area (Å²) in [6.45, 7) is 8.45. The second kappa shape index (κ2) is 8.91. The highest BCUT2D eigenvalue weighted by atomic mass is 16.5. The number of benzene rings is 2. The molecule has 0 aliphatic carbocycles. The number of anilines is 1. The van der Waals surface area contributed by atoms with E-state index >= 15 is 0 Å². The van der Waals surface area contributed by atoms with Crippen LogP contribution < -0.4 is 15.1 Å². The maximum absolute atomic E-state index is 12.4. The molecule has 5 nitrogen and oxygen atoms in total. The molecule has 1 amide bonds. The number of nitrogens with zero attached hydrogens (tertiary/aromatic N) is 2. The molecule has 148 valence electrons. The van der Waals surface area contributed by atoms with Crippen molar-refractivity contribution in [2.75, 3.05) is 25.1 Å². The molecule has 2 aromatic carbocycles. The van der Waals surface area contributed by atoms with Crippen molar-refractivity contribution < 1.29 is 9.53 Å². The number of aryl methyl sites for hydroxylation is 1. The van der Waals surface area contributed by atoms with Crippen LogP contribution in [0.15, 0.2) is 41.5 Å². The van der Waals surface area contributed by atoms with Gasteiger partial charge in [-0.25, -0.2) is 5.43 Å². The molecule has 2 aromatic rings. The van der Waals surface area contributed by atoms with E-state index in [0.29, 0.717) is 11.5 Å². The number of amides is 1. The zero-order chi connectivity index (χ0) is 20.1. The molecule has 0 radical (unpaired) electrons. The number of hydrazone groups is 1. The monoisotopic (exact) mass is 379 g/mol. The molecule has 1 N–H and O–H groups in total. The fraction of sp³-hybridized carbons (Fsp3) is 0.391. The second-order valence-electron chi connectivity index (χ2n) is 7.55. The lowest BCUT2D eigenvalue weighted by Crippen LogP contribution is -2.19. The van der Waals surface area contributed by atoms with Gasteiger partial charge in [0.2, 0.25) is 0 Å². The van der Waals surface area contributed by atoms with Gasteiger partial charge in [0.25, 0.3) is 5.91 Å². The lowest BCUT2D eigenvalue weighted by molar-refractivity contribution is 0.0955. The smallest absolute Gasteiger partial charge is 0.271 e. The highest BCUT2D eigenvalue weighted by Gasteiger charge is 2.13. The van der Waals surface area contributed by atoms with Crippen molar-refractivity contribution in [3.63, 3.8) is 0 Å². The van der Waals surface area contributed by atoms with Crippen molar-refractivity contribution in [1.29, 1.82) is 0 Å². The fourth-order valence-corrected chi connectivity index (χ4v) is 3.51. The summed E-state index contributed by atoms with van der Waals surface area (Å²) in [6, 6.07) is 11.8. The van der Waals surface area contributed by atoms with E-state index in [0.717, 1.165) is 35.5 Å². The summed E-state index contributed by atoms with van der Waals surface area (Å²) in [5, 5.41) is 4.16. The Morgan fingerprint density at radius 2 is 1.86 bits per heavy atom. The van der Waals surface area contributed by atoms with Crippen LogP contribution in [-0.2, 0) is 0 Å². The lowest BCUT2D eigenvalue weighted by Gasteiger charge is -2.17. The van der Waals surface area contributed by atoms with Gasteiger partial charge in [-0.15, -0.1) is 0 Å². The van der Waals surface area contributed by atoms with E-state index in [1.165, 1.54) is 18.5 Å². The summed E-state index contributed by atoms with van der Waals surface area (Å²) in [5.74, 6) is 1.01. The minimum absolute atomic E-state index is 0.209. The third-order valence-corrected chi connectivity index (χ3v) is 5.21. The lowest BCUT2D eigenvalue weighted by atomic mass is 9.97. The SMILES string of the molecule is COc1cc(C)c(/C=N\NC(=O)c2ccc(N3CCCC3)cc2)cc1C(C)C. The van der Waals surface area contributed by atoms with Gasteiger partial charge in [-0.3, -0.25) is 4.79 Å². The number of methoxy groups -OCH3 is 1. The van der Waals surface area contributed by atoms with Gasteiger partial charge in [-0.05, 0) is 78.8 Å². The van der Waals surface area contributed by atoms with E-state index in [-0.39, 0.29) is 5.91 Å². The summed E-state index contributed by atoms with van der Waals surface area (Å²) in [6.07, 6.45) is 4.16. The Morgan fingerprint density at radius 3 is 2.46 bits per heavy atom. The highest BCUT2D eigenvalue weighted by molar-refractivity contribution is 5.95. The summed E-state index contributed by atoms with van der Waals surface area (Å²) < 4.78 is 5.47. The summed E-state index contributed by atoms with van der Waals surface area (Å²) >= 11 is 0. The van der Waals surface area contributed by atoms with Gasteiger partial charge in [-0.1, -0.05) is 13.8 Å². The molecule has 0 saturated carbocycles. The Kier molecular flexibility index (Phi) is 6.34. The van der Waals surface area contributed by atoms with E-state index < -0.39 is 0 Å². The number of hydrogen-bond donors (Lipinski definition) is 1. The van der Waals surface area contributed by atoms with Gasteiger partial charge < -0.3 is 9.64 Å². The number of ether oxygens (including phenoxy) is 1. The van der Waals surface area contributed by atoms with Gasteiger partial charge in [0, 0.05) is 24.3 Å². The second-order valence-corrected chi connectivity index (χ2v) is 7.55. The molecule has 3 rings (SSSR count). The third-order valence-electron chi connectivity index (χ3n) is 5.21. The first-order valence-electron chi connectivity index (χ1n) is 9.86. The zero-order valence-electron chi connectivity index (χ0n) is 17.2. The molecule has 1 saturated heterocycles. The molecule has 0 spiro atoms. The molecular formula is C23H29N3O2. The Balaban J connectivity index is 1.67. The summed E-state index contributed by atoms with van der Waals surface area (Å²) in [7, 11) is 1.68. The average Bonchev–Trinajstić information content (AvgIpc) is 3.23. The summed E-state index contributed by atoms with van der Waals surface area (Å²) in [5.41, 5.74) is 7.55. The maximum atomic E-state index is 12.4. The molecule has 1 heterocycles. The topological polar surface area (TPSA) is 53.9 Å².